The Morgan fingerprint density at radius 1 is 1.00 bits per heavy atom. The molecule has 3 aromatic heterocycles. The minimum atomic E-state index is 0.340. The minimum absolute atomic E-state index is 0.340. The van der Waals surface area contributed by atoms with Crippen LogP contribution in [0.15, 0.2) is 12.1 Å². The molecule has 6 heteroatoms. The summed E-state index contributed by atoms with van der Waals surface area (Å²) in [4.78, 5) is 14.8. The zero-order valence-electron chi connectivity index (χ0n) is 18.0. The van der Waals surface area contributed by atoms with Crippen molar-refractivity contribution in [2.24, 2.45) is 5.73 Å². The van der Waals surface area contributed by atoms with Crippen LogP contribution in [0.5, 0.6) is 0 Å². The number of aromatic nitrogens is 5. The molecule has 0 aliphatic heterocycles. The van der Waals surface area contributed by atoms with E-state index in [1.54, 1.807) is 0 Å². The Labute approximate surface area is 167 Å². The summed E-state index contributed by atoms with van der Waals surface area (Å²) in [5.74, 6) is 0.360. The molecule has 0 aliphatic carbocycles. The molecule has 0 bridgehead atoms. The van der Waals surface area contributed by atoms with Crippen molar-refractivity contribution in [2.75, 3.05) is 0 Å². The summed E-state index contributed by atoms with van der Waals surface area (Å²) in [5, 5.41) is 4.77. The van der Waals surface area contributed by atoms with Crippen molar-refractivity contribution < 1.29 is 0 Å². The van der Waals surface area contributed by atoms with E-state index in [-0.39, 0.29) is 0 Å². The Hall–Kier alpha value is -2.34. The zero-order chi connectivity index (χ0) is 20.4. The average Bonchev–Trinajstić information content (AvgIpc) is 3.03. The van der Waals surface area contributed by atoms with Crippen LogP contribution >= 0.6 is 0 Å². The van der Waals surface area contributed by atoms with Crippen LogP contribution in [-0.2, 0) is 13.0 Å². The van der Waals surface area contributed by atoms with Crippen LogP contribution in [0.4, 0.5) is 0 Å². The second-order valence-corrected chi connectivity index (χ2v) is 7.63. The summed E-state index contributed by atoms with van der Waals surface area (Å²) in [6.45, 7) is 13.2. The van der Waals surface area contributed by atoms with Crippen LogP contribution in [0.25, 0.3) is 22.4 Å². The van der Waals surface area contributed by atoms with Crippen LogP contribution in [0.1, 0.15) is 82.2 Å². The topological polar surface area (TPSA) is 82.5 Å². The molecule has 0 radical (unpaired) electrons. The Balaban J connectivity index is 2.24. The van der Waals surface area contributed by atoms with Gasteiger partial charge in [-0.1, -0.05) is 34.6 Å². The number of hydrogen-bond acceptors (Lipinski definition) is 5. The molecule has 6 nitrogen and oxygen atoms in total. The predicted molar refractivity (Wildman–Crippen MR) is 114 cm³/mol. The van der Waals surface area contributed by atoms with E-state index >= 15 is 0 Å². The second-order valence-electron chi connectivity index (χ2n) is 7.63. The van der Waals surface area contributed by atoms with Crippen LogP contribution < -0.4 is 5.73 Å². The van der Waals surface area contributed by atoms with Gasteiger partial charge in [-0.25, -0.2) is 14.6 Å². The van der Waals surface area contributed by atoms with E-state index in [0.717, 1.165) is 64.5 Å². The molecule has 0 aromatic carbocycles. The highest BCUT2D eigenvalue weighted by molar-refractivity contribution is 5.78. The lowest BCUT2D eigenvalue weighted by molar-refractivity contribution is 0.436. The minimum Gasteiger partial charge on any atom is -0.325 e. The molecular formula is C22H32N6. The van der Waals surface area contributed by atoms with Crippen LogP contribution in [-0.4, -0.2) is 24.7 Å². The monoisotopic (exact) mass is 380 g/mol. The number of hydrogen-bond donors (Lipinski definition) is 1. The summed E-state index contributed by atoms with van der Waals surface area (Å²) < 4.78 is 2.06. The lowest BCUT2D eigenvalue weighted by Gasteiger charge is -2.16. The lowest BCUT2D eigenvalue weighted by Crippen LogP contribution is -2.11. The molecule has 0 amide bonds. The maximum Gasteiger partial charge on any atom is 0.177 e. The number of aryl methyl sites for hydroxylation is 2. The predicted octanol–water partition coefficient (Wildman–Crippen LogP) is 4.70. The Kier molecular flexibility index (Phi) is 6.08. The molecule has 0 saturated heterocycles. The maximum atomic E-state index is 6.04. The van der Waals surface area contributed by atoms with Crippen LogP contribution in [0.3, 0.4) is 0 Å². The highest BCUT2D eigenvalue weighted by Gasteiger charge is 2.21. The first kappa shape index (κ1) is 20.4. The van der Waals surface area contributed by atoms with E-state index in [1.807, 2.05) is 6.92 Å². The lowest BCUT2D eigenvalue weighted by atomic mass is 10.0. The van der Waals surface area contributed by atoms with Gasteiger partial charge in [-0.2, -0.15) is 5.10 Å². The molecule has 2 N–H and O–H groups in total. The molecular weight excluding hydrogens is 348 g/mol. The van der Waals surface area contributed by atoms with Crippen molar-refractivity contribution >= 4 is 11.2 Å². The highest BCUT2D eigenvalue weighted by Crippen LogP contribution is 2.30. The van der Waals surface area contributed by atoms with E-state index < -0.39 is 0 Å². The van der Waals surface area contributed by atoms with Crippen molar-refractivity contribution in [3.63, 3.8) is 0 Å². The van der Waals surface area contributed by atoms with Crippen molar-refractivity contribution in [2.45, 2.75) is 79.3 Å². The number of rotatable bonds is 7. The molecule has 0 aliphatic rings. The first-order chi connectivity index (χ1) is 13.4. The summed E-state index contributed by atoms with van der Waals surface area (Å²) in [6.07, 6.45) is 2.84. The third-order valence-electron chi connectivity index (χ3n) is 5.43. The molecule has 0 fully saturated rings. The highest BCUT2D eigenvalue weighted by atomic mass is 15.3. The molecule has 3 aromatic rings. The maximum absolute atomic E-state index is 6.04. The van der Waals surface area contributed by atoms with Gasteiger partial charge in [0.05, 0.1) is 28.8 Å². The average molecular weight is 381 g/mol. The fourth-order valence-corrected chi connectivity index (χ4v) is 3.68. The first-order valence-electron chi connectivity index (χ1n) is 10.4. The summed E-state index contributed by atoms with van der Waals surface area (Å²) in [5.41, 5.74) is 13.5. The molecule has 3 rings (SSSR count). The number of pyridine rings is 1. The van der Waals surface area contributed by atoms with Crippen LogP contribution in [0, 0.1) is 6.92 Å². The number of nitrogens with two attached hydrogens (primary N) is 1. The van der Waals surface area contributed by atoms with Gasteiger partial charge in [0, 0.05) is 17.8 Å². The summed E-state index contributed by atoms with van der Waals surface area (Å²) >= 11 is 0. The standard InChI is InChI=1S/C22H32N6/c1-7-15(8-2)28-22-20(14(6)27-28)26-21(17(9-3)25-22)16-10-11-18(13(4)5)24-19(16)12-23/h10-11,13,15H,7-9,12,23H2,1-6H3. The van der Waals surface area contributed by atoms with Crippen molar-refractivity contribution in [3.05, 3.63) is 34.9 Å². The van der Waals surface area contributed by atoms with E-state index in [1.165, 1.54) is 0 Å². The van der Waals surface area contributed by atoms with E-state index in [2.05, 4.69) is 51.4 Å². The molecule has 0 atom stereocenters. The fraction of sp³-hybridized carbons (Fsp3) is 0.545. The zero-order valence-corrected chi connectivity index (χ0v) is 18.0. The van der Waals surface area contributed by atoms with Crippen molar-refractivity contribution in [1.29, 1.82) is 0 Å². The largest absolute Gasteiger partial charge is 0.325 e. The van der Waals surface area contributed by atoms with Crippen molar-refractivity contribution in [1.82, 2.24) is 24.7 Å². The normalized spacial score (nSPS) is 11.9. The smallest absolute Gasteiger partial charge is 0.177 e. The fourth-order valence-electron chi connectivity index (χ4n) is 3.68. The van der Waals surface area contributed by atoms with Gasteiger partial charge >= 0.3 is 0 Å². The van der Waals surface area contributed by atoms with Gasteiger partial charge in [0.1, 0.15) is 5.52 Å². The van der Waals surface area contributed by atoms with Gasteiger partial charge < -0.3 is 5.73 Å². The van der Waals surface area contributed by atoms with E-state index in [0.29, 0.717) is 18.5 Å². The summed E-state index contributed by atoms with van der Waals surface area (Å²) in [6, 6.07) is 4.51. The van der Waals surface area contributed by atoms with Gasteiger partial charge in [-0.05, 0) is 44.2 Å². The van der Waals surface area contributed by atoms with Gasteiger partial charge in [0.25, 0.3) is 0 Å². The number of fused-ring (bicyclic) bond motifs is 1. The Morgan fingerprint density at radius 2 is 1.71 bits per heavy atom. The van der Waals surface area contributed by atoms with Gasteiger partial charge in [0.2, 0.25) is 0 Å². The second kappa shape index (κ2) is 8.35. The Morgan fingerprint density at radius 3 is 2.29 bits per heavy atom. The molecule has 0 saturated carbocycles. The van der Waals surface area contributed by atoms with Gasteiger partial charge in [-0.15, -0.1) is 0 Å². The van der Waals surface area contributed by atoms with E-state index in [9.17, 15) is 0 Å². The summed E-state index contributed by atoms with van der Waals surface area (Å²) in [7, 11) is 0. The third-order valence-corrected chi connectivity index (χ3v) is 5.43. The molecule has 0 spiro atoms. The van der Waals surface area contributed by atoms with Gasteiger partial charge in [0.15, 0.2) is 5.65 Å². The van der Waals surface area contributed by atoms with Gasteiger partial charge in [-0.3, -0.25) is 4.98 Å². The molecule has 0 unspecified atom stereocenters. The third kappa shape index (κ3) is 3.53. The molecule has 150 valence electrons. The Bertz CT molecular complexity index is 969. The number of nitrogens with zero attached hydrogens (tertiary/aromatic N) is 5. The van der Waals surface area contributed by atoms with E-state index in [4.69, 9.17) is 25.8 Å². The molecule has 3 heterocycles. The SMILES string of the molecule is CCc1nc2c(nc1-c1ccc(C(C)C)nc1CN)c(C)nn2C(CC)CC. The quantitative estimate of drug-likeness (QED) is 0.642. The van der Waals surface area contributed by atoms with Crippen molar-refractivity contribution in [3.8, 4) is 11.3 Å². The first-order valence-corrected chi connectivity index (χ1v) is 10.4. The molecule has 28 heavy (non-hydrogen) atoms. The van der Waals surface area contributed by atoms with Crippen LogP contribution in [0.2, 0.25) is 0 Å².